The number of nitrogens with zero attached hydrogens (tertiary/aromatic N) is 2. The predicted octanol–water partition coefficient (Wildman–Crippen LogP) is 1.55. The molecular weight excluding hydrogens is 260 g/mol. The van der Waals surface area contributed by atoms with Crippen LogP contribution in [-0.2, 0) is 0 Å². The highest BCUT2D eigenvalue weighted by atomic mass is 35.5. The van der Waals surface area contributed by atoms with Crippen LogP contribution in [0.25, 0.3) is 0 Å². The number of rotatable bonds is 5. The van der Waals surface area contributed by atoms with Crippen LogP contribution in [0.2, 0.25) is 5.28 Å². The minimum Gasteiger partial charge on any atom is -0.394 e. The van der Waals surface area contributed by atoms with Gasteiger partial charge in [0.1, 0.15) is 0 Å². The van der Waals surface area contributed by atoms with Crippen LogP contribution in [0.5, 0.6) is 0 Å². The van der Waals surface area contributed by atoms with Crippen molar-refractivity contribution in [3.8, 4) is 0 Å². The van der Waals surface area contributed by atoms with Crippen molar-refractivity contribution in [1.82, 2.24) is 9.97 Å². The average Bonchev–Trinajstić information content (AvgIpc) is 2.21. The first-order chi connectivity index (χ1) is 7.85. The zero-order chi connectivity index (χ0) is 13.1. The molecule has 0 aliphatic rings. The Bertz CT molecular complexity index is 400. The van der Waals surface area contributed by atoms with Crippen LogP contribution < -0.4 is 11.1 Å². The molecule has 1 aromatic heterocycles. The van der Waals surface area contributed by atoms with E-state index in [1.165, 1.54) is 0 Å². The zero-order valence-electron chi connectivity index (χ0n) is 10.1. The highest BCUT2D eigenvalue weighted by Crippen LogP contribution is 2.21. The number of thioether (sulfide) groups is 1. The lowest BCUT2D eigenvalue weighted by Crippen LogP contribution is -2.36. The van der Waals surface area contributed by atoms with E-state index in [9.17, 15) is 5.11 Å². The molecule has 0 amide bonds. The van der Waals surface area contributed by atoms with Gasteiger partial charge in [-0.15, -0.1) is 0 Å². The Morgan fingerprint density at radius 1 is 1.53 bits per heavy atom. The summed E-state index contributed by atoms with van der Waals surface area (Å²) >= 11 is 7.32. The van der Waals surface area contributed by atoms with Crippen molar-refractivity contribution in [2.45, 2.75) is 19.4 Å². The van der Waals surface area contributed by atoms with Crippen molar-refractivity contribution in [2.75, 3.05) is 29.6 Å². The first kappa shape index (κ1) is 14.3. The third kappa shape index (κ3) is 4.22. The molecule has 1 aromatic rings. The van der Waals surface area contributed by atoms with Gasteiger partial charge in [0, 0.05) is 12.3 Å². The van der Waals surface area contributed by atoms with E-state index in [-0.39, 0.29) is 5.28 Å². The second-order valence-electron chi connectivity index (χ2n) is 4.12. The van der Waals surface area contributed by atoms with E-state index in [2.05, 4.69) is 15.3 Å². The number of hydrogen-bond donors (Lipinski definition) is 3. The molecule has 7 heteroatoms. The van der Waals surface area contributed by atoms with Gasteiger partial charge >= 0.3 is 0 Å². The van der Waals surface area contributed by atoms with E-state index in [0.717, 1.165) is 0 Å². The summed E-state index contributed by atoms with van der Waals surface area (Å²) in [5.41, 5.74) is 6.07. The van der Waals surface area contributed by atoms with E-state index in [1.807, 2.05) is 6.26 Å². The van der Waals surface area contributed by atoms with Gasteiger partial charge in [-0.3, -0.25) is 0 Å². The Balaban J connectivity index is 2.76. The number of aromatic nitrogens is 2. The standard InChI is InChI=1S/C10H17ClN4OS/c1-6-7(12)8(15-9(11)14-6)13-4-10(2,16)5-17-3/h16H,4-5,12H2,1-3H3,(H,13,14,15). The molecule has 96 valence electrons. The summed E-state index contributed by atoms with van der Waals surface area (Å²) in [6, 6.07) is 0. The zero-order valence-corrected chi connectivity index (χ0v) is 11.7. The Labute approximate surface area is 110 Å². The number of anilines is 2. The Morgan fingerprint density at radius 2 is 2.18 bits per heavy atom. The molecular formula is C10H17ClN4OS. The fraction of sp³-hybridized carbons (Fsp3) is 0.600. The van der Waals surface area contributed by atoms with E-state index in [0.29, 0.717) is 29.5 Å². The van der Waals surface area contributed by atoms with Gasteiger partial charge < -0.3 is 16.2 Å². The fourth-order valence-corrected chi connectivity index (χ4v) is 2.25. The molecule has 1 rings (SSSR count). The van der Waals surface area contributed by atoms with Crippen molar-refractivity contribution in [2.24, 2.45) is 0 Å². The van der Waals surface area contributed by atoms with Crippen LogP contribution >= 0.6 is 23.4 Å². The first-order valence-electron chi connectivity index (χ1n) is 5.10. The molecule has 0 saturated heterocycles. The maximum absolute atomic E-state index is 10.0. The molecule has 0 bridgehead atoms. The summed E-state index contributed by atoms with van der Waals surface area (Å²) in [5.74, 6) is 1.08. The Morgan fingerprint density at radius 3 is 2.76 bits per heavy atom. The average molecular weight is 277 g/mol. The summed E-state index contributed by atoms with van der Waals surface area (Å²) in [6.07, 6.45) is 1.94. The maximum Gasteiger partial charge on any atom is 0.224 e. The predicted molar refractivity (Wildman–Crippen MR) is 73.7 cm³/mol. The number of hydrogen-bond acceptors (Lipinski definition) is 6. The van der Waals surface area contributed by atoms with Crippen LogP contribution in [0.3, 0.4) is 0 Å². The van der Waals surface area contributed by atoms with Gasteiger partial charge in [-0.2, -0.15) is 16.7 Å². The van der Waals surface area contributed by atoms with Crippen LogP contribution in [-0.4, -0.2) is 39.2 Å². The monoisotopic (exact) mass is 276 g/mol. The number of nitrogens with one attached hydrogen (secondary N) is 1. The van der Waals surface area contributed by atoms with Gasteiger partial charge in [-0.25, -0.2) is 4.98 Å². The van der Waals surface area contributed by atoms with Gasteiger partial charge in [0.15, 0.2) is 5.82 Å². The first-order valence-corrected chi connectivity index (χ1v) is 6.88. The second kappa shape index (κ2) is 5.75. The minimum absolute atomic E-state index is 0.142. The number of nitrogen functional groups attached to an aromatic ring is 1. The van der Waals surface area contributed by atoms with Crippen LogP contribution in [0, 0.1) is 6.92 Å². The number of nitrogens with two attached hydrogens (primary N) is 1. The van der Waals surface area contributed by atoms with E-state index in [4.69, 9.17) is 17.3 Å². The van der Waals surface area contributed by atoms with Crippen molar-refractivity contribution >= 4 is 34.9 Å². The summed E-state index contributed by atoms with van der Waals surface area (Å²) in [6.45, 7) is 3.86. The van der Waals surface area contributed by atoms with E-state index >= 15 is 0 Å². The molecule has 1 heterocycles. The molecule has 0 saturated carbocycles. The van der Waals surface area contributed by atoms with Crippen molar-refractivity contribution in [3.05, 3.63) is 11.0 Å². The lowest BCUT2D eigenvalue weighted by Gasteiger charge is -2.23. The molecule has 5 nitrogen and oxygen atoms in total. The largest absolute Gasteiger partial charge is 0.394 e. The topological polar surface area (TPSA) is 84.1 Å². The van der Waals surface area contributed by atoms with Crippen LogP contribution in [0.1, 0.15) is 12.6 Å². The van der Waals surface area contributed by atoms with Gasteiger partial charge in [0.25, 0.3) is 0 Å². The van der Waals surface area contributed by atoms with Gasteiger partial charge in [0.2, 0.25) is 5.28 Å². The fourth-order valence-electron chi connectivity index (χ4n) is 1.32. The Kier molecular flexibility index (Phi) is 4.85. The summed E-state index contributed by atoms with van der Waals surface area (Å²) in [4.78, 5) is 7.93. The SMILES string of the molecule is CSCC(C)(O)CNc1nc(Cl)nc(C)c1N. The van der Waals surface area contributed by atoms with Crippen molar-refractivity contribution < 1.29 is 5.11 Å². The second-order valence-corrected chi connectivity index (χ2v) is 5.33. The molecule has 17 heavy (non-hydrogen) atoms. The van der Waals surface area contributed by atoms with Crippen molar-refractivity contribution in [3.63, 3.8) is 0 Å². The molecule has 0 fully saturated rings. The highest BCUT2D eigenvalue weighted by molar-refractivity contribution is 7.98. The summed E-state index contributed by atoms with van der Waals surface area (Å²) in [5, 5.41) is 13.1. The summed E-state index contributed by atoms with van der Waals surface area (Å²) in [7, 11) is 0. The molecule has 0 aliphatic carbocycles. The number of aryl methyl sites for hydroxylation is 1. The summed E-state index contributed by atoms with van der Waals surface area (Å²) < 4.78 is 0. The lowest BCUT2D eigenvalue weighted by atomic mass is 10.1. The molecule has 4 N–H and O–H groups in total. The molecule has 0 aromatic carbocycles. The van der Waals surface area contributed by atoms with Gasteiger partial charge in [-0.1, -0.05) is 0 Å². The normalized spacial score (nSPS) is 14.4. The Hall–Kier alpha value is -0.720. The maximum atomic E-state index is 10.0. The third-order valence-corrected chi connectivity index (χ3v) is 3.28. The van der Waals surface area contributed by atoms with Gasteiger partial charge in [0.05, 0.1) is 17.0 Å². The molecule has 0 aliphatic heterocycles. The van der Waals surface area contributed by atoms with Crippen LogP contribution in [0.4, 0.5) is 11.5 Å². The number of aliphatic hydroxyl groups is 1. The minimum atomic E-state index is -0.822. The molecule has 1 atom stereocenters. The lowest BCUT2D eigenvalue weighted by molar-refractivity contribution is 0.0996. The van der Waals surface area contributed by atoms with E-state index in [1.54, 1.807) is 25.6 Å². The highest BCUT2D eigenvalue weighted by Gasteiger charge is 2.20. The quantitative estimate of drug-likeness (QED) is 0.708. The molecule has 1 unspecified atom stereocenters. The smallest absolute Gasteiger partial charge is 0.224 e. The van der Waals surface area contributed by atoms with Gasteiger partial charge in [-0.05, 0) is 31.7 Å². The number of halogens is 1. The van der Waals surface area contributed by atoms with Crippen LogP contribution in [0.15, 0.2) is 0 Å². The third-order valence-electron chi connectivity index (χ3n) is 2.20. The van der Waals surface area contributed by atoms with Crippen molar-refractivity contribution in [1.29, 1.82) is 0 Å². The molecule has 0 spiro atoms. The molecule has 0 radical (unpaired) electrons. The van der Waals surface area contributed by atoms with E-state index < -0.39 is 5.60 Å².